The summed E-state index contributed by atoms with van der Waals surface area (Å²) < 4.78 is 5.27. The van der Waals surface area contributed by atoms with E-state index in [0.29, 0.717) is 10.8 Å². The third kappa shape index (κ3) is 2.40. The standard InChI is InChI=1S/C20H21ClN2O/c1-11-8-12(2)18-14-6-7-22-19(20(14)23-16(18)9-11)13-4-5-17(24-3)15(21)10-13/h4-5,8-10,19,22-23H,6-7H2,1-3H3. The Bertz CT molecular complexity index is 929. The number of methoxy groups -OCH3 is 1. The average molecular weight is 341 g/mol. The van der Waals surface area contributed by atoms with Gasteiger partial charge in [-0.3, -0.25) is 0 Å². The average Bonchev–Trinajstić information content (AvgIpc) is 2.92. The van der Waals surface area contributed by atoms with Gasteiger partial charge in [0.1, 0.15) is 5.75 Å². The summed E-state index contributed by atoms with van der Waals surface area (Å²) in [6, 6.07) is 10.6. The minimum absolute atomic E-state index is 0.129. The van der Waals surface area contributed by atoms with Crippen LogP contribution in [0.4, 0.5) is 0 Å². The van der Waals surface area contributed by atoms with Gasteiger partial charge >= 0.3 is 0 Å². The lowest BCUT2D eigenvalue weighted by molar-refractivity contribution is 0.414. The molecule has 1 aromatic heterocycles. The lowest BCUT2D eigenvalue weighted by Gasteiger charge is -2.25. The molecule has 0 amide bonds. The quantitative estimate of drug-likeness (QED) is 0.710. The predicted molar refractivity (Wildman–Crippen MR) is 99.3 cm³/mol. The Morgan fingerprint density at radius 1 is 1.17 bits per heavy atom. The number of benzene rings is 2. The van der Waals surface area contributed by atoms with Crippen LogP contribution in [-0.2, 0) is 6.42 Å². The first-order valence-corrected chi connectivity index (χ1v) is 8.65. The zero-order valence-corrected chi connectivity index (χ0v) is 14.9. The van der Waals surface area contributed by atoms with Crippen LogP contribution >= 0.6 is 11.6 Å². The van der Waals surface area contributed by atoms with Gasteiger partial charge in [-0.15, -0.1) is 0 Å². The maximum absolute atomic E-state index is 6.34. The number of halogens is 1. The van der Waals surface area contributed by atoms with Crippen molar-refractivity contribution in [3.8, 4) is 5.75 Å². The largest absolute Gasteiger partial charge is 0.495 e. The van der Waals surface area contributed by atoms with Crippen LogP contribution in [-0.4, -0.2) is 18.6 Å². The number of hydrogen-bond donors (Lipinski definition) is 2. The van der Waals surface area contributed by atoms with Gasteiger partial charge in [0.05, 0.1) is 18.2 Å². The van der Waals surface area contributed by atoms with Crippen LogP contribution < -0.4 is 10.1 Å². The molecular formula is C20H21ClN2O. The van der Waals surface area contributed by atoms with Gasteiger partial charge < -0.3 is 15.0 Å². The second-order valence-corrected chi connectivity index (χ2v) is 6.96. The van der Waals surface area contributed by atoms with Crippen LogP contribution in [0.1, 0.15) is 34.0 Å². The van der Waals surface area contributed by atoms with E-state index in [1.54, 1.807) is 7.11 Å². The summed E-state index contributed by atoms with van der Waals surface area (Å²) in [5.41, 5.74) is 7.70. The van der Waals surface area contributed by atoms with Gasteiger partial charge in [0.15, 0.2) is 0 Å². The van der Waals surface area contributed by atoms with Gasteiger partial charge in [-0.25, -0.2) is 0 Å². The molecule has 0 fully saturated rings. The molecule has 4 heteroatoms. The summed E-state index contributed by atoms with van der Waals surface area (Å²) in [6.07, 6.45) is 1.04. The van der Waals surface area contributed by atoms with Crippen molar-refractivity contribution in [2.24, 2.45) is 0 Å². The summed E-state index contributed by atoms with van der Waals surface area (Å²) in [5, 5.41) is 5.64. The number of hydrogen-bond acceptors (Lipinski definition) is 2. The molecule has 4 rings (SSSR count). The highest BCUT2D eigenvalue weighted by Gasteiger charge is 2.26. The van der Waals surface area contributed by atoms with Crippen LogP contribution in [0, 0.1) is 13.8 Å². The maximum atomic E-state index is 6.34. The second-order valence-electron chi connectivity index (χ2n) is 6.55. The molecule has 0 aliphatic carbocycles. The van der Waals surface area contributed by atoms with Crippen molar-refractivity contribution in [1.82, 2.24) is 10.3 Å². The molecule has 24 heavy (non-hydrogen) atoms. The van der Waals surface area contributed by atoms with Crippen molar-refractivity contribution in [1.29, 1.82) is 0 Å². The molecule has 0 bridgehead atoms. The monoisotopic (exact) mass is 340 g/mol. The number of H-pyrrole nitrogens is 1. The van der Waals surface area contributed by atoms with Crippen molar-refractivity contribution in [2.45, 2.75) is 26.3 Å². The molecule has 0 spiro atoms. The molecule has 2 N–H and O–H groups in total. The molecular weight excluding hydrogens is 320 g/mol. The molecule has 1 aliphatic rings. The van der Waals surface area contributed by atoms with E-state index < -0.39 is 0 Å². The molecule has 1 atom stereocenters. The van der Waals surface area contributed by atoms with Crippen molar-refractivity contribution in [2.75, 3.05) is 13.7 Å². The highest BCUT2D eigenvalue weighted by molar-refractivity contribution is 6.32. The molecule has 3 aromatic rings. The topological polar surface area (TPSA) is 37.0 Å². The number of aromatic nitrogens is 1. The van der Waals surface area contributed by atoms with Crippen LogP contribution in [0.25, 0.3) is 10.9 Å². The first-order valence-electron chi connectivity index (χ1n) is 8.27. The SMILES string of the molecule is COc1ccc(C2NCCc3c2[nH]c2cc(C)cc(C)c32)cc1Cl. The van der Waals surface area contributed by atoms with Gasteiger partial charge in [0, 0.05) is 23.1 Å². The zero-order valence-electron chi connectivity index (χ0n) is 14.2. The third-order valence-corrected chi connectivity index (χ3v) is 5.19. The second kappa shape index (κ2) is 5.83. The Morgan fingerprint density at radius 2 is 2.00 bits per heavy atom. The predicted octanol–water partition coefficient (Wildman–Crippen LogP) is 4.68. The van der Waals surface area contributed by atoms with E-state index in [1.807, 2.05) is 12.1 Å². The van der Waals surface area contributed by atoms with Gasteiger partial charge in [-0.05, 0) is 60.7 Å². The zero-order chi connectivity index (χ0) is 16.8. The fourth-order valence-electron chi connectivity index (χ4n) is 3.92. The fraction of sp³-hybridized carbons (Fsp3) is 0.300. The molecule has 1 aliphatic heterocycles. The third-order valence-electron chi connectivity index (χ3n) is 4.90. The number of aryl methyl sites for hydroxylation is 2. The molecule has 124 valence electrons. The van der Waals surface area contributed by atoms with Crippen molar-refractivity contribution in [3.63, 3.8) is 0 Å². The van der Waals surface area contributed by atoms with E-state index in [1.165, 1.54) is 33.3 Å². The number of nitrogens with one attached hydrogen (secondary N) is 2. The molecule has 2 heterocycles. The summed E-state index contributed by atoms with van der Waals surface area (Å²) in [7, 11) is 1.64. The highest BCUT2D eigenvalue weighted by Crippen LogP contribution is 2.37. The molecule has 0 saturated heterocycles. The number of ether oxygens (including phenoxy) is 1. The molecule has 0 saturated carbocycles. The summed E-state index contributed by atoms with van der Waals surface area (Å²) in [5.74, 6) is 0.708. The Kier molecular flexibility index (Phi) is 3.78. The van der Waals surface area contributed by atoms with Crippen LogP contribution in [0.2, 0.25) is 5.02 Å². The molecule has 2 aromatic carbocycles. The summed E-state index contributed by atoms with van der Waals surface area (Å²) in [6.45, 7) is 5.30. The van der Waals surface area contributed by atoms with Crippen molar-refractivity contribution >= 4 is 22.5 Å². The smallest absolute Gasteiger partial charge is 0.137 e. The molecule has 0 radical (unpaired) electrons. The lowest BCUT2D eigenvalue weighted by Crippen LogP contribution is -2.30. The van der Waals surface area contributed by atoms with E-state index in [-0.39, 0.29) is 6.04 Å². The van der Waals surface area contributed by atoms with Gasteiger partial charge in [0.2, 0.25) is 0 Å². The normalized spacial score (nSPS) is 17.1. The van der Waals surface area contributed by atoms with E-state index in [9.17, 15) is 0 Å². The van der Waals surface area contributed by atoms with Crippen molar-refractivity contribution < 1.29 is 4.74 Å². The van der Waals surface area contributed by atoms with E-state index >= 15 is 0 Å². The Morgan fingerprint density at radius 3 is 2.75 bits per heavy atom. The number of aromatic amines is 1. The summed E-state index contributed by atoms with van der Waals surface area (Å²) in [4.78, 5) is 3.66. The van der Waals surface area contributed by atoms with Crippen LogP contribution in [0.5, 0.6) is 5.75 Å². The lowest BCUT2D eigenvalue weighted by atomic mass is 9.93. The van der Waals surface area contributed by atoms with Gasteiger partial charge in [-0.1, -0.05) is 23.7 Å². The van der Waals surface area contributed by atoms with Crippen LogP contribution in [0.15, 0.2) is 30.3 Å². The highest BCUT2D eigenvalue weighted by atomic mass is 35.5. The van der Waals surface area contributed by atoms with Crippen LogP contribution in [0.3, 0.4) is 0 Å². The van der Waals surface area contributed by atoms with E-state index in [4.69, 9.17) is 16.3 Å². The fourth-order valence-corrected chi connectivity index (χ4v) is 4.18. The Labute approximate surface area is 147 Å². The van der Waals surface area contributed by atoms with Crippen molar-refractivity contribution in [3.05, 3.63) is 63.3 Å². The molecule has 3 nitrogen and oxygen atoms in total. The Balaban J connectivity index is 1.87. The van der Waals surface area contributed by atoms with E-state index in [0.717, 1.165) is 18.5 Å². The molecule has 1 unspecified atom stereocenters. The number of fused-ring (bicyclic) bond motifs is 3. The van der Waals surface area contributed by atoms with E-state index in [2.05, 4.69) is 42.3 Å². The Hall–Kier alpha value is -1.97. The van der Waals surface area contributed by atoms with Gasteiger partial charge in [-0.2, -0.15) is 0 Å². The minimum atomic E-state index is 0.129. The first-order chi connectivity index (χ1) is 11.6. The number of rotatable bonds is 2. The van der Waals surface area contributed by atoms with Gasteiger partial charge in [0.25, 0.3) is 0 Å². The minimum Gasteiger partial charge on any atom is -0.495 e. The summed E-state index contributed by atoms with van der Waals surface area (Å²) >= 11 is 6.34. The first kappa shape index (κ1) is 15.6. The maximum Gasteiger partial charge on any atom is 0.137 e.